The minimum absolute atomic E-state index is 0.126. The molecule has 10 heteroatoms. The normalized spacial score (nSPS) is 11.0. The number of hydrogen-bond donors (Lipinski definition) is 1. The SMILES string of the molecule is CCCc1cc(-c2nnc(SCC(=O)Nc3nnc(CC)s3)n2C)cs1. The van der Waals surface area contributed by atoms with Crippen LogP contribution in [0, 0.1) is 0 Å². The Hall–Kier alpha value is -1.78. The minimum Gasteiger partial charge on any atom is -0.305 e. The fraction of sp³-hybridized carbons (Fsp3) is 0.438. The first-order chi connectivity index (χ1) is 12.6. The third kappa shape index (κ3) is 4.49. The van der Waals surface area contributed by atoms with Crippen molar-refractivity contribution in [2.45, 2.75) is 38.3 Å². The van der Waals surface area contributed by atoms with Crippen molar-refractivity contribution in [3.05, 3.63) is 21.3 Å². The number of aromatic nitrogens is 5. The van der Waals surface area contributed by atoms with Crippen molar-refractivity contribution in [2.24, 2.45) is 7.05 Å². The predicted octanol–water partition coefficient (Wildman–Crippen LogP) is 3.64. The molecule has 0 spiro atoms. The molecule has 0 saturated heterocycles. The molecule has 0 atom stereocenters. The number of anilines is 1. The number of aryl methyl sites for hydroxylation is 2. The summed E-state index contributed by atoms with van der Waals surface area (Å²) in [5, 5.41) is 23.5. The molecule has 0 radical (unpaired) electrons. The van der Waals surface area contributed by atoms with Gasteiger partial charge in [0.05, 0.1) is 5.75 Å². The van der Waals surface area contributed by atoms with Crippen LogP contribution in [-0.2, 0) is 24.7 Å². The van der Waals surface area contributed by atoms with Crippen LogP contribution < -0.4 is 5.32 Å². The van der Waals surface area contributed by atoms with E-state index in [0.29, 0.717) is 10.3 Å². The van der Waals surface area contributed by atoms with Gasteiger partial charge < -0.3 is 4.57 Å². The third-order valence-electron chi connectivity index (χ3n) is 3.59. The molecular formula is C16H20N6OS3. The fourth-order valence-corrected chi connectivity index (χ4v) is 4.68. The number of nitrogens with zero attached hydrogens (tertiary/aromatic N) is 5. The summed E-state index contributed by atoms with van der Waals surface area (Å²) >= 11 is 4.50. The van der Waals surface area contributed by atoms with E-state index in [1.165, 1.54) is 28.0 Å². The van der Waals surface area contributed by atoms with Crippen LogP contribution in [0.3, 0.4) is 0 Å². The zero-order valence-corrected chi connectivity index (χ0v) is 17.3. The van der Waals surface area contributed by atoms with Gasteiger partial charge >= 0.3 is 0 Å². The van der Waals surface area contributed by atoms with E-state index in [0.717, 1.165) is 35.7 Å². The highest BCUT2D eigenvalue weighted by Gasteiger charge is 2.15. The molecule has 1 amide bonds. The van der Waals surface area contributed by atoms with E-state index in [1.807, 2.05) is 18.5 Å². The maximum atomic E-state index is 12.1. The van der Waals surface area contributed by atoms with Gasteiger partial charge in [0.15, 0.2) is 11.0 Å². The van der Waals surface area contributed by atoms with Crippen molar-refractivity contribution in [2.75, 3.05) is 11.1 Å². The molecule has 3 heterocycles. The highest BCUT2D eigenvalue weighted by molar-refractivity contribution is 7.99. The summed E-state index contributed by atoms with van der Waals surface area (Å²) < 4.78 is 1.93. The van der Waals surface area contributed by atoms with E-state index < -0.39 is 0 Å². The molecule has 0 aromatic carbocycles. The maximum absolute atomic E-state index is 12.1. The number of carbonyl (C=O) groups excluding carboxylic acids is 1. The zero-order valence-electron chi connectivity index (χ0n) is 14.9. The number of carbonyl (C=O) groups is 1. The first kappa shape index (κ1) is 19.0. The van der Waals surface area contributed by atoms with Crippen molar-refractivity contribution in [3.8, 4) is 11.4 Å². The summed E-state index contributed by atoms with van der Waals surface area (Å²) in [5.41, 5.74) is 1.07. The summed E-state index contributed by atoms with van der Waals surface area (Å²) in [7, 11) is 1.92. The Morgan fingerprint density at radius 3 is 2.85 bits per heavy atom. The molecule has 3 aromatic heterocycles. The smallest absolute Gasteiger partial charge is 0.236 e. The number of rotatable bonds is 8. The summed E-state index contributed by atoms with van der Waals surface area (Å²) in [6.07, 6.45) is 3.02. The Morgan fingerprint density at radius 1 is 1.27 bits per heavy atom. The van der Waals surface area contributed by atoms with Crippen LogP contribution in [0.15, 0.2) is 16.6 Å². The Balaban J connectivity index is 1.60. The molecule has 3 aromatic rings. The lowest BCUT2D eigenvalue weighted by atomic mass is 10.2. The molecule has 0 aliphatic heterocycles. The number of amides is 1. The lowest BCUT2D eigenvalue weighted by Gasteiger charge is -2.03. The van der Waals surface area contributed by atoms with Gasteiger partial charge in [0.1, 0.15) is 5.01 Å². The lowest BCUT2D eigenvalue weighted by molar-refractivity contribution is -0.113. The summed E-state index contributed by atoms with van der Waals surface area (Å²) in [5.74, 6) is 0.944. The van der Waals surface area contributed by atoms with Crippen LogP contribution >= 0.6 is 34.4 Å². The molecular weight excluding hydrogens is 388 g/mol. The lowest BCUT2D eigenvalue weighted by Crippen LogP contribution is -2.14. The molecule has 7 nitrogen and oxygen atoms in total. The minimum atomic E-state index is -0.126. The molecule has 1 N–H and O–H groups in total. The van der Waals surface area contributed by atoms with E-state index in [2.05, 4.69) is 44.1 Å². The van der Waals surface area contributed by atoms with E-state index in [1.54, 1.807) is 11.3 Å². The van der Waals surface area contributed by atoms with Gasteiger partial charge in [0.2, 0.25) is 11.0 Å². The molecule has 0 bridgehead atoms. The molecule has 0 unspecified atom stereocenters. The van der Waals surface area contributed by atoms with Gasteiger partial charge in [-0.2, -0.15) is 0 Å². The van der Waals surface area contributed by atoms with Crippen LogP contribution in [0.4, 0.5) is 5.13 Å². The second-order valence-corrected chi connectivity index (χ2v) is 8.61. The fourth-order valence-electron chi connectivity index (χ4n) is 2.30. The van der Waals surface area contributed by atoms with Crippen LogP contribution in [0.5, 0.6) is 0 Å². The first-order valence-corrected chi connectivity index (χ1v) is 11.0. The van der Waals surface area contributed by atoms with Crippen LogP contribution in [0.2, 0.25) is 0 Å². The average Bonchev–Trinajstić information content (AvgIpc) is 3.34. The van der Waals surface area contributed by atoms with E-state index in [9.17, 15) is 4.79 Å². The van der Waals surface area contributed by atoms with E-state index in [4.69, 9.17) is 0 Å². The summed E-state index contributed by atoms with van der Waals surface area (Å²) in [6.45, 7) is 4.18. The highest BCUT2D eigenvalue weighted by Crippen LogP contribution is 2.27. The van der Waals surface area contributed by atoms with Crippen molar-refractivity contribution in [1.29, 1.82) is 0 Å². The van der Waals surface area contributed by atoms with E-state index >= 15 is 0 Å². The quantitative estimate of drug-likeness (QED) is 0.573. The maximum Gasteiger partial charge on any atom is 0.236 e. The third-order valence-corrected chi connectivity index (χ3v) is 6.59. The Labute approximate surface area is 164 Å². The van der Waals surface area contributed by atoms with Crippen molar-refractivity contribution >= 4 is 45.5 Å². The summed E-state index contributed by atoms with van der Waals surface area (Å²) in [4.78, 5) is 13.4. The van der Waals surface area contributed by atoms with Gasteiger partial charge in [-0.05, 0) is 18.9 Å². The highest BCUT2D eigenvalue weighted by atomic mass is 32.2. The van der Waals surface area contributed by atoms with Gasteiger partial charge in [0, 0.05) is 22.9 Å². The average molecular weight is 409 g/mol. The van der Waals surface area contributed by atoms with Gasteiger partial charge in [-0.25, -0.2) is 0 Å². The van der Waals surface area contributed by atoms with Crippen molar-refractivity contribution in [3.63, 3.8) is 0 Å². The predicted molar refractivity (Wildman–Crippen MR) is 107 cm³/mol. The molecule has 0 saturated carbocycles. The van der Waals surface area contributed by atoms with Crippen molar-refractivity contribution in [1.82, 2.24) is 25.0 Å². The molecule has 0 aliphatic carbocycles. The second kappa shape index (κ2) is 8.74. The standard InChI is InChI=1S/C16H20N6OS3/c1-4-6-11-7-10(8-24-11)14-19-21-16(22(14)3)25-9-12(23)17-15-20-18-13(5-2)26-15/h7-8H,4-6,9H2,1-3H3,(H,17,20,23). The molecule has 26 heavy (non-hydrogen) atoms. The number of thiophene rings is 1. The van der Waals surface area contributed by atoms with Crippen molar-refractivity contribution < 1.29 is 4.79 Å². The molecule has 0 aliphatic rings. The Bertz CT molecular complexity index is 884. The van der Waals surface area contributed by atoms with Gasteiger partial charge in [-0.15, -0.1) is 31.7 Å². The zero-order chi connectivity index (χ0) is 18.5. The molecule has 138 valence electrons. The second-order valence-electron chi connectivity index (χ2n) is 5.61. The largest absolute Gasteiger partial charge is 0.305 e. The monoisotopic (exact) mass is 408 g/mol. The van der Waals surface area contributed by atoms with Gasteiger partial charge in [-0.1, -0.05) is 43.4 Å². The molecule has 0 fully saturated rings. The van der Waals surface area contributed by atoms with Gasteiger partial charge in [0.25, 0.3) is 0 Å². The first-order valence-electron chi connectivity index (χ1n) is 8.32. The van der Waals surface area contributed by atoms with Crippen LogP contribution in [-0.4, -0.2) is 36.6 Å². The Morgan fingerprint density at radius 2 is 2.12 bits per heavy atom. The van der Waals surface area contributed by atoms with E-state index in [-0.39, 0.29) is 11.7 Å². The van der Waals surface area contributed by atoms with Crippen LogP contribution in [0.1, 0.15) is 30.2 Å². The number of thioether (sulfide) groups is 1. The summed E-state index contributed by atoms with van der Waals surface area (Å²) in [6, 6.07) is 2.17. The Kier molecular flexibility index (Phi) is 6.38. The topological polar surface area (TPSA) is 85.6 Å². The van der Waals surface area contributed by atoms with Gasteiger partial charge in [-0.3, -0.25) is 10.1 Å². The number of nitrogens with one attached hydrogen (secondary N) is 1. The molecule has 3 rings (SSSR count). The number of hydrogen-bond acceptors (Lipinski definition) is 8. The van der Waals surface area contributed by atoms with Crippen LogP contribution in [0.25, 0.3) is 11.4 Å².